The van der Waals surface area contributed by atoms with Crippen molar-refractivity contribution in [3.8, 4) is 5.75 Å². The summed E-state index contributed by atoms with van der Waals surface area (Å²) < 4.78 is 43.2. The van der Waals surface area contributed by atoms with Crippen LogP contribution in [0.4, 0.5) is 14.5 Å². The van der Waals surface area contributed by atoms with Gasteiger partial charge in [0.15, 0.2) is 11.6 Å². The maximum atomic E-state index is 13.8. The summed E-state index contributed by atoms with van der Waals surface area (Å²) in [6.07, 6.45) is 0.726. The first kappa shape index (κ1) is 25.6. The minimum absolute atomic E-state index is 0.0756. The van der Waals surface area contributed by atoms with Crippen LogP contribution in [0.3, 0.4) is 0 Å². The van der Waals surface area contributed by atoms with Crippen molar-refractivity contribution in [3.05, 3.63) is 53.4 Å². The molecule has 0 radical (unpaired) electrons. The molecule has 0 spiro atoms. The summed E-state index contributed by atoms with van der Waals surface area (Å²) >= 11 is 0. The summed E-state index contributed by atoms with van der Waals surface area (Å²) in [4.78, 5) is 13.9. The molecule has 0 aliphatic carbocycles. The number of nitrogens with one attached hydrogen (secondary N) is 1. The van der Waals surface area contributed by atoms with E-state index in [2.05, 4.69) is 10.3 Å². The van der Waals surface area contributed by atoms with Crippen molar-refractivity contribution in [2.75, 3.05) is 32.8 Å². The largest absolute Gasteiger partial charge is 0.493 e. The zero-order valence-electron chi connectivity index (χ0n) is 18.3. The quantitative estimate of drug-likeness (QED) is 0.552. The summed E-state index contributed by atoms with van der Waals surface area (Å²) in [5.74, 6) is -2.16. The first-order valence-electron chi connectivity index (χ1n) is 9.83. The van der Waals surface area contributed by atoms with E-state index in [9.17, 15) is 18.7 Å². The van der Waals surface area contributed by atoms with Gasteiger partial charge >= 0.3 is 0 Å². The number of halogens is 2. The Labute approximate surface area is 185 Å². The van der Waals surface area contributed by atoms with Crippen molar-refractivity contribution in [1.29, 1.82) is 0 Å². The van der Waals surface area contributed by atoms with Crippen molar-refractivity contribution in [1.82, 2.24) is 4.98 Å². The van der Waals surface area contributed by atoms with E-state index in [4.69, 9.17) is 19.3 Å². The van der Waals surface area contributed by atoms with Crippen molar-refractivity contribution in [2.45, 2.75) is 37.6 Å². The number of aliphatic hydroxyl groups is 2. The van der Waals surface area contributed by atoms with E-state index in [0.29, 0.717) is 30.0 Å². The molecule has 3 rings (SSSR count). The van der Waals surface area contributed by atoms with Crippen LogP contribution in [-0.2, 0) is 14.3 Å². The second kappa shape index (κ2) is 11.3. The Bertz CT molecular complexity index is 912. The highest BCUT2D eigenvalue weighted by Gasteiger charge is 2.45. The van der Waals surface area contributed by atoms with Crippen LogP contribution in [0.25, 0.3) is 0 Å². The molecule has 8 nitrogen and oxygen atoms in total. The molecule has 1 fully saturated rings. The number of hydrogen-bond acceptors (Lipinski definition) is 7. The van der Waals surface area contributed by atoms with E-state index in [1.807, 2.05) is 13.8 Å². The molecule has 0 bridgehead atoms. The van der Waals surface area contributed by atoms with E-state index < -0.39 is 29.9 Å². The van der Waals surface area contributed by atoms with Gasteiger partial charge in [-0.1, -0.05) is 6.07 Å². The Morgan fingerprint density at radius 3 is 2.66 bits per heavy atom. The predicted molar refractivity (Wildman–Crippen MR) is 112 cm³/mol. The van der Waals surface area contributed by atoms with Gasteiger partial charge in [0.05, 0.1) is 37.7 Å². The van der Waals surface area contributed by atoms with Crippen LogP contribution in [0.5, 0.6) is 5.75 Å². The monoisotopic (exact) mass is 454 g/mol. The fourth-order valence-corrected chi connectivity index (χ4v) is 3.59. The van der Waals surface area contributed by atoms with Gasteiger partial charge in [-0.05, 0) is 32.0 Å². The Morgan fingerprint density at radius 2 is 2.06 bits per heavy atom. The van der Waals surface area contributed by atoms with Crippen LogP contribution in [0.15, 0.2) is 30.5 Å². The van der Waals surface area contributed by atoms with E-state index >= 15 is 0 Å². The zero-order valence-corrected chi connectivity index (χ0v) is 18.3. The van der Waals surface area contributed by atoms with E-state index in [1.54, 1.807) is 13.2 Å². The predicted octanol–water partition coefficient (Wildman–Crippen LogP) is 2.56. The number of carbonyl (C=O) groups excluding carboxylic acids is 1. The van der Waals surface area contributed by atoms with Gasteiger partial charge in [-0.25, -0.2) is 4.39 Å². The molecule has 3 unspecified atom stereocenters. The van der Waals surface area contributed by atoms with Crippen LogP contribution in [0, 0.1) is 11.6 Å². The molecule has 3 atom stereocenters. The number of carbonyl (C=O) groups is 1. The lowest BCUT2D eigenvalue weighted by molar-refractivity contribution is -0.105. The molecular formula is C22H28F2N2O6. The van der Waals surface area contributed by atoms with Gasteiger partial charge in [-0.3, -0.25) is 9.78 Å². The first-order valence-corrected chi connectivity index (χ1v) is 9.83. The number of aliphatic hydroxyl groups excluding tert-OH is 2. The number of rotatable bonds is 7. The fraction of sp³-hybridized carbons (Fsp3) is 0.455. The minimum atomic E-state index is -1.01. The topological polar surface area (TPSA) is 110 Å². The van der Waals surface area contributed by atoms with Crippen LogP contribution in [-0.4, -0.2) is 60.7 Å². The van der Waals surface area contributed by atoms with Crippen molar-refractivity contribution < 1.29 is 38.0 Å². The van der Waals surface area contributed by atoms with Gasteiger partial charge in [-0.2, -0.15) is 4.39 Å². The summed E-state index contributed by atoms with van der Waals surface area (Å²) in [6, 6.07) is 5.71. The van der Waals surface area contributed by atoms with Crippen LogP contribution in [0.2, 0.25) is 0 Å². The van der Waals surface area contributed by atoms with E-state index in [1.165, 1.54) is 25.4 Å². The van der Waals surface area contributed by atoms with Gasteiger partial charge in [0, 0.05) is 30.5 Å². The zero-order chi connectivity index (χ0) is 23.9. The van der Waals surface area contributed by atoms with Gasteiger partial charge in [0.1, 0.15) is 6.10 Å². The Kier molecular flexibility index (Phi) is 9.02. The molecule has 0 saturated carbocycles. The highest BCUT2D eigenvalue weighted by atomic mass is 19.2. The van der Waals surface area contributed by atoms with E-state index in [0.717, 1.165) is 6.07 Å². The van der Waals surface area contributed by atoms with Crippen molar-refractivity contribution in [3.63, 3.8) is 0 Å². The lowest BCUT2D eigenvalue weighted by Crippen LogP contribution is -2.36. The molecule has 2 heterocycles. The SMILES string of the molecule is COc1c(C2COC(C)(C)C2OC)ccc(F)c1F.O=CNc1ccnc(C(O)CO)c1. The average molecular weight is 454 g/mol. The van der Waals surface area contributed by atoms with Crippen LogP contribution < -0.4 is 10.1 Å². The number of anilines is 1. The lowest BCUT2D eigenvalue weighted by Gasteiger charge is -2.28. The molecular weight excluding hydrogens is 426 g/mol. The Hall–Kier alpha value is -2.66. The molecule has 3 N–H and O–H groups in total. The van der Waals surface area contributed by atoms with Crippen LogP contribution >= 0.6 is 0 Å². The number of pyridine rings is 1. The van der Waals surface area contributed by atoms with Gasteiger partial charge in [0.2, 0.25) is 12.2 Å². The molecule has 32 heavy (non-hydrogen) atoms. The van der Waals surface area contributed by atoms with E-state index in [-0.39, 0.29) is 17.8 Å². The third-order valence-corrected chi connectivity index (χ3v) is 5.14. The third-order valence-electron chi connectivity index (χ3n) is 5.14. The molecule has 1 aromatic carbocycles. The molecule has 176 valence electrons. The normalized spacial score (nSPS) is 20.1. The summed E-state index contributed by atoms with van der Waals surface area (Å²) in [6.45, 7) is 3.81. The average Bonchev–Trinajstić information content (AvgIpc) is 3.09. The number of nitrogens with zero attached hydrogens (tertiary/aromatic N) is 1. The summed E-state index contributed by atoms with van der Waals surface area (Å²) in [5.41, 5.74) is 0.954. The lowest BCUT2D eigenvalue weighted by atomic mass is 9.87. The smallest absolute Gasteiger partial charge is 0.211 e. The number of amides is 1. The molecule has 1 aliphatic heterocycles. The van der Waals surface area contributed by atoms with Gasteiger partial charge in [0.25, 0.3) is 0 Å². The van der Waals surface area contributed by atoms with Crippen LogP contribution in [0.1, 0.15) is 37.1 Å². The Balaban J connectivity index is 0.000000244. The summed E-state index contributed by atoms with van der Waals surface area (Å²) in [5, 5.41) is 20.2. The highest BCUT2D eigenvalue weighted by Crippen LogP contribution is 2.42. The maximum Gasteiger partial charge on any atom is 0.211 e. The molecule has 10 heteroatoms. The number of methoxy groups -OCH3 is 2. The molecule has 2 aromatic rings. The molecule has 1 aliphatic rings. The van der Waals surface area contributed by atoms with Crippen molar-refractivity contribution in [2.24, 2.45) is 0 Å². The standard InChI is InChI=1S/C14H18F2O3.C8H10N2O3/c1-14(2)13(18-4)9(7-19-14)8-5-6-10(15)11(16)12(8)17-3;11-4-8(13)7-3-6(10-5-12)1-2-9-7/h5-6,9,13H,7H2,1-4H3;1-3,5,8,11,13H,4H2,(H,9,10,12). The van der Waals surface area contributed by atoms with Gasteiger partial charge < -0.3 is 29.7 Å². The highest BCUT2D eigenvalue weighted by molar-refractivity contribution is 5.70. The van der Waals surface area contributed by atoms with Crippen molar-refractivity contribution >= 4 is 12.1 Å². The number of aromatic nitrogens is 1. The number of ether oxygens (including phenoxy) is 3. The second-order valence-corrected chi connectivity index (χ2v) is 7.59. The molecule has 1 saturated heterocycles. The maximum absolute atomic E-state index is 13.8. The third kappa shape index (κ3) is 5.77. The number of benzene rings is 1. The Morgan fingerprint density at radius 1 is 1.34 bits per heavy atom. The second-order valence-electron chi connectivity index (χ2n) is 7.59. The molecule has 1 aromatic heterocycles. The fourth-order valence-electron chi connectivity index (χ4n) is 3.59. The molecule has 1 amide bonds. The van der Waals surface area contributed by atoms with Gasteiger partial charge in [-0.15, -0.1) is 0 Å². The minimum Gasteiger partial charge on any atom is -0.493 e. The first-order chi connectivity index (χ1) is 15.2. The number of hydrogen-bond donors (Lipinski definition) is 3. The summed E-state index contributed by atoms with van der Waals surface area (Å²) in [7, 11) is 2.91.